The quantitative estimate of drug-likeness (QED) is 0.587. The third-order valence-electron chi connectivity index (χ3n) is 2.72. The van der Waals surface area contributed by atoms with Crippen molar-refractivity contribution in [3.63, 3.8) is 0 Å². The molecule has 0 atom stereocenters. The largest absolute Gasteiger partial charge is 0.463 e. The zero-order valence-electron chi connectivity index (χ0n) is 11.0. The first-order valence-corrected chi connectivity index (χ1v) is 5.89. The lowest BCUT2D eigenvalue weighted by molar-refractivity contribution is -0.137. The van der Waals surface area contributed by atoms with E-state index in [1.807, 2.05) is 6.08 Å². The molecule has 1 rings (SSSR count). The van der Waals surface area contributed by atoms with Crippen molar-refractivity contribution in [3.8, 4) is 0 Å². The Morgan fingerprint density at radius 1 is 1.29 bits per heavy atom. The Labute approximate surface area is 103 Å². The summed E-state index contributed by atoms with van der Waals surface area (Å²) >= 11 is 0. The van der Waals surface area contributed by atoms with Gasteiger partial charge in [0.15, 0.2) is 0 Å². The first-order valence-electron chi connectivity index (χ1n) is 5.89. The molecule has 0 radical (unpaired) electrons. The van der Waals surface area contributed by atoms with Gasteiger partial charge in [-0.05, 0) is 19.4 Å². The fraction of sp³-hybridized carbons (Fsp3) is 0.400. The van der Waals surface area contributed by atoms with Crippen molar-refractivity contribution >= 4 is 5.97 Å². The molecule has 0 aliphatic rings. The average molecular weight is 232 g/mol. The van der Waals surface area contributed by atoms with Crippen LogP contribution < -0.4 is 0 Å². The normalized spacial score (nSPS) is 11.8. The molecule has 17 heavy (non-hydrogen) atoms. The Balaban J connectivity index is 2.80. The average Bonchev–Trinajstić information content (AvgIpc) is 2.28. The second-order valence-corrected chi connectivity index (χ2v) is 4.67. The van der Waals surface area contributed by atoms with Crippen LogP contribution in [0.5, 0.6) is 0 Å². The van der Waals surface area contributed by atoms with E-state index < -0.39 is 0 Å². The van der Waals surface area contributed by atoms with Crippen LogP contribution >= 0.6 is 0 Å². The van der Waals surface area contributed by atoms with Crippen molar-refractivity contribution in [2.75, 3.05) is 6.61 Å². The van der Waals surface area contributed by atoms with Crippen LogP contribution in [0.3, 0.4) is 0 Å². The molecule has 0 amide bonds. The molecule has 0 bridgehead atoms. The second-order valence-electron chi connectivity index (χ2n) is 4.67. The van der Waals surface area contributed by atoms with Gasteiger partial charge in [0, 0.05) is 11.5 Å². The summed E-state index contributed by atoms with van der Waals surface area (Å²) in [5.41, 5.74) is 2.25. The fourth-order valence-electron chi connectivity index (χ4n) is 1.55. The molecule has 0 fully saturated rings. The van der Waals surface area contributed by atoms with Gasteiger partial charge in [-0.15, -0.1) is 0 Å². The molecule has 0 N–H and O–H groups in total. The number of ether oxygens (including phenoxy) is 1. The van der Waals surface area contributed by atoms with E-state index in [-0.39, 0.29) is 11.4 Å². The lowest BCUT2D eigenvalue weighted by Gasteiger charge is -2.20. The van der Waals surface area contributed by atoms with Gasteiger partial charge in [0.25, 0.3) is 0 Å². The topological polar surface area (TPSA) is 26.3 Å². The predicted octanol–water partition coefficient (Wildman–Crippen LogP) is 3.39. The van der Waals surface area contributed by atoms with Crippen molar-refractivity contribution in [1.82, 2.24) is 0 Å². The fourth-order valence-corrected chi connectivity index (χ4v) is 1.55. The number of carbonyl (C=O) groups is 1. The van der Waals surface area contributed by atoms with Crippen LogP contribution in [0, 0.1) is 6.92 Å². The number of aryl methyl sites for hydroxylation is 1. The maximum absolute atomic E-state index is 11.3. The first kappa shape index (κ1) is 13.5. The van der Waals surface area contributed by atoms with Gasteiger partial charge in [0.05, 0.1) is 6.61 Å². The SMILES string of the molecule is CCOC(=O)/C=C/C(C)(C)c1ccc(C)cc1. The molecule has 0 saturated heterocycles. The van der Waals surface area contributed by atoms with Crippen molar-refractivity contribution in [1.29, 1.82) is 0 Å². The smallest absolute Gasteiger partial charge is 0.330 e. The molecule has 0 spiro atoms. The number of hydrogen-bond acceptors (Lipinski definition) is 2. The summed E-state index contributed by atoms with van der Waals surface area (Å²) in [7, 11) is 0. The van der Waals surface area contributed by atoms with Crippen molar-refractivity contribution in [2.24, 2.45) is 0 Å². The molecule has 0 aliphatic carbocycles. The molecule has 0 saturated carbocycles. The Hall–Kier alpha value is -1.57. The van der Waals surface area contributed by atoms with E-state index in [0.29, 0.717) is 6.61 Å². The minimum Gasteiger partial charge on any atom is -0.463 e. The Bertz CT molecular complexity index is 399. The Morgan fingerprint density at radius 3 is 2.41 bits per heavy atom. The minimum absolute atomic E-state index is 0.166. The zero-order chi connectivity index (χ0) is 12.9. The standard InChI is InChI=1S/C15H20O2/c1-5-17-14(16)10-11-15(3,4)13-8-6-12(2)7-9-13/h6-11H,5H2,1-4H3/b11-10+. The highest BCUT2D eigenvalue weighted by molar-refractivity contribution is 5.82. The van der Waals surface area contributed by atoms with Crippen LogP contribution in [0.2, 0.25) is 0 Å². The monoisotopic (exact) mass is 232 g/mol. The third-order valence-corrected chi connectivity index (χ3v) is 2.72. The summed E-state index contributed by atoms with van der Waals surface area (Å²) in [6.45, 7) is 8.43. The Kier molecular flexibility index (Phi) is 4.50. The highest BCUT2D eigenvalue weighted by Gasteiger charge is 2.16. The molecule has 0 aromatic heterocycles. The van der Waals surface area contributed by atoms with Crippen molar-refractivity contribution < 1.29 is 9.53 Å². The first-order chi connectivity index (χ1) is 7.95. The molecule has 1 aromatic rings. The van der Waals surface area contributed by atoms with E-state index >= 15 is 0 Å². The molecule has 0 heterocycles. The van der Waals surface area contributed by atoms with Gasteiger partial charge < -0.3 is 4.74 Å². The van der Waals surface area contributed by atoms with Gasteiger partial charge >= 0.3 is 5.97 Å². The van der Waals surface area contributed by atoms with Gasteiger partial charge in [0.2, 0.25) is 0 Å². The van der Waals surface area contributed by atoms with Crippen LogP contribution in [0.4, 0.5) is 0 Å². The number of rotatable bonds is 4. The van der Waals surface area contributed by atoms with E-state index in [0.717, 1.165) is 0 Å². The molecule has 2 heteroatoms. The summed E-state index contributed by atoms with van der Waals surface area (Å²) in [4.78, 5) is 11.3. The zero-order valence-corrected chi connectivity index (χ0v) is 11.0. The van der Waals surface area contributed by atoms with Gasteiger partial charge in [-0.1, -0.05) is 49.8 Å². The maximum atomic E-state index is 11.3. The summed E-state index contributed by atoms with van der Waals surface area (Å²) in [6, 6.07) is 8.33. The maximum Gasteiger partial charge on any atom is 0.330 e. The van der Waals surface area contributed by atoms with Crippen LogP contribution in [-0.4, -0.2) is 12.6 Å². The molecule has 92 valence electrons. The van der Waals surface area contributed by atoms with Crippen molar-refractivity contribution in [2.45, 2.75) is 33.1 Å². The minimum atomic E-state index is -0.285. The summed E-state index contributed by atoms with van der Waals surface area (Å²) in [5, 5.41) is 0. The van der Waals surface area contributed by atoms with Crippen LogP contribution in [0.15, 0.2) is 36.4 Å². The number of allylic oxidation sites excluding steroid dienone is 1. The van der Waals surface area contributed by atoms with Gasteiger partial charge in [0.1, 0.15) is 0 Å². The summed E-state index contributed by atoms with van der Waals surface area (Å²) in [6.07, 6.45) is 3.39. The number of esters is 1. The Morgan fingerprint density at radius 2 is 1.88 bits per heavy atom. The molecule has 0 aliphatic heterocycles. The predicted molar refractivity (Wildman–Crippen MR) is 70.0 cm³/mol. The van der Waals surface area contributed by atoms with Crippen LogP contribution in [-0.2, 0) is 14.9 Å². The lowest BCUT2D eigenvalue weighted by Crippen LogP contribution is -2.14. The van der Waals surface area contributed by atoms with Crippen molar-refractivity contribution in [3.05, 3.63) is 47.5 Å². The van der Waals surface area contributed by atoms with Gasteiger partial charge in [-0.2, -0.15) is 0 Å². The summed E-state index contributed by atoms with van der Waals surface area (Å²) in [5.74, 6) is -0.285. The van der Waals surface area contributed by atoms with Gasteiger partial charge in [-0.3, -0.25) is 0 Å². The summed E-state index contributed by atoms with van der Waals surface area (Å²) < 4.78 is 4.87. The number of hydrogen-bond donors (Lipinski definition) is 0. The molecule has 2 nitrogen and oxygen atoms in total. The van der Waals surface area contributed by atoms with E-state index in [2.05, 4.69) is 45.0 Å². The highest BCUT2D eigenvalue weighted by atomic mass is 16.5. The molecule has 1 aromatic carbocycles. The molecule has 0 unspecified atom stereocenters. The third kappa shape index (κ3) is 4.06. The van der Waals surface area contributed by atoms with Crippen LogP contribution in [0.1, 0.15) is 31.9 Å². The van der Waals surface area contributed by atoms with E-state index in [1.165, 1.54) is 17.2 Å². The molecular formula is C15H20O2. The van der Waals surface area contributed by atoms with Crippen LogP contribution in [0.25, 0.3) is 0 Å². The van der Waals surface area contributed by atoms with Gasteiger partial charge in [-0.25, -0.2) is 4.79 Å². The van der Waals surface area contributed by atoms with E-state index in [1.54, 1.807) is 6.92 Å². The van der Waals surface area contributed by atoms with E-state index in [9.17, 15) is 4.79 Å². The van der Waals surface area contributed by atoms with E-state index in [4.69, 9.17) is 4.74 Å². The lowest BCUT2D eigenvalue weighted by atomic mass is 9.84. The molecular weight excluding hydrogens is 212 g/mol. The number of benzene rings is 1. The second kappa shape index (κ2) is 5.67. The number of carbonyl (C=O) groups excluding carboxylic acids is 1. The highest BCUT2D eigenvalue weighted by Crippen LogP contribution is 2.24.